The van der Waals surface area contributed by atoms with Crippen molar-refractivity contribution in [2.24, 2.45) is 12.8 Å². The summed E-state index contributed by atoms with van der Waals surface area (Å²) in [7, 11) is 1.48. The lowest BCUT2D eigenvalue weighted by Crippen LogP contribution is -2.38. The van der Waals surface area contributed by atoms with Crippen LogP contribution in [0.15, 0.2) is 40.1 Å². The van der Waals surface area contributed by atoms with E-state index in [1.54, 1.807) is 0 Å². The maximum Gasteiger partial charge on any atom is 0.331 e. The Hall–Kier alpha value is -2.70. The molecule has 1 aromatic carbocycles. The van der Waals surface area contributed by atoms with E-state index in [1.807, 2.05) is 0 Å². The van der Waals surface area contributed by atoms with Crippen LogP contribution in [0.4, 0.5) is 4.39 Å². The zero-order chi connectivity index (χ0) is 14.9. The zero-order valence-corrected chi connectivity index (χ0v) is 10.7. The number of nitrogens with two attached hydrogens (primary N) is 1. The van der Waals surface area contributed by atoms with E-state index in [0.29, 0.717) is 0 Å². The molecule has 7 heteroatoms. The van der Waals surface area contributed by atoms with Crippen molar-refractivity contribution in [3.8, 4) is 0 Å². The third-order valence-electron chi connectivity index (χ3n) is 2.90. The number of aryl methyl sites for hydroxylation is 1. The highest BCUT2D eigenvalue weighted by molar-refractivity contribution is 5.92. The number of carbonyl (C=O) groups excluding carboxylic acids is 1. The SMILES string of the molecule is Cn1ccc(=O)n(Cc2cc(C(N)=O)ccc2F)c1=O. The summed E-state index contributed by atoms with van der Waals surface area (Å²) in [6.45, 7) is -0.265. The van der Waals surface area contributed by atoms with Crippen LogP contribution >= 0.6 is 0 Å². The van der Waals surface area contributed by atoms with E-state index >= 15 is 0 Å². The summed E-state index contributed by atoms with van der Waals surface area (Å²) in [5.74, 6) is -1.33. The van der Waals surface area contributed by atoms with Crippen LogP contribution in [-0.4, -0.2) is 15.0 Å². The number of primary amides is 1. The molecule has 104 valence electrons. The van der Waals surface area contributed by atoms with Crippen LogP contribution in [0, 0.1) is 5.82 Å². The zero-order valence-electron chi connectivity index (χ0n) is 10.7. The van der Waals surface area contributed by atoms with Gasteiger partial charge in [-0.25, -0.2) is 9.18 Å². The minimum absolute atomic E-state index is 0.0479. The lowest BCUT2D eigenvalue weighted by atomic mass is 10.1. The van der Waals surface area contributed by atoms with Crippen molar-refractivity contribution in [3.63, 3.8) is 0 Å². The van der Waals surface area contributed by atoms with Crippen molar-refractivity contribution >= 4 is 5.91 Å². The summed E-state index contributed by atoms with van der Waals surface area (Å²) >= 11 is 0. The Kier molecular flexibility index (Phi) is 3.51. The van der Waals surface area contributed by atoms with E-state index < -0.39 is 23.0 Å². The molecule has 2 rings (SSSR count). The molecule has 1 aromatic heterocycles. The second kappa shape index (κ2) is 5.12. The van der Waals surface area contributed by atoms with Gasteiger partial charge >= 0.3 is 5.69 Å². The Morgan fingerprint density at radius 3 is 2.65 bits per heavy atom. The van der Waals surface area contributed by atoms with Crippen molar-refractivity contribution in [1.29, 1.82) is 0 Å². The lowest BCUT2D eigenvalue weighted by molar-refractivity contribution is 0.1000. The molecule has 0 aliphatic heterocycles. The third kappa shape index (κ3) is 2.51. The first-order valence-corrected chi connectivity index (χ1v) is 5.75. The van der Waals surface area contributed by atoms with Gasteiger partial charge in [-0.05, 0) is 18.2 Å². The van der Waals surface area contributed by atoms with E-state index in [2.05, 4.69) is 0 Å². The van der Waals surface area contributed by atoms with Crippen LogP contribution in [0.25, 0.3) is 0 Å². The van der Waals surface area contributed by atoms with Crippen LogP contribution in [-0.2, 0) is 13.6 Å². The fraction of sp³-hybridized carbons (Fsp3) is 0.154. The summed E-state index contributed by atoms with van der Waals surface area (Å²) in [6, 6.07) is 4.76. The molecule has 20 heavy (non-hydrogen) atoms. The molecule has 0 fully saturated rings. The van der Waals surface area contributed by atoms with Gasteiger partial charge in [0.15, 0.2) is 0 Å². The molecule has 1 heterocycles. The Morgan fingerprint density at radius 2 is 2.00 bits per heavy atom. The molecule has 0 saturated heterocycles. The summed E-state index contributed by atoms with van der Waals surface area (Å²) in [6.07, 6.45) is 1.33. The molecule has 1 amide bonds. The number of carbonyl (C=O) groups is 1. The second-order valence-electron chi connectivity index (χ2n) is 4.30. The molecular weight excluding hydrogens is 265 g/mol. The third-order valence-corrected chi connectivity index (χ3v) is 2.90. The first kappa shape index (κ1) is 13.7. The molecule has 6 nitrogen and oxygen atoms in total. The first-order chi connectivity index (χ1) is 9.40. The van der Waals surface area contributed by atoms with Crippen LogP contribution in [0.5, 0.6) is 0 Å². The quantitative estimate of drug-likeness (QED) is 0.845. The predicted molar refractivity (Wildman–Crippen MR) is 70.0 cm³/mol. The topological polar surface area (TPSA) is 87.1 Å². The van der Waals surface area contributed by atoms with Crippen molar-refractivity contribution in [1.82, 2.24) is 9.13 Å². The molecular formula is C13H12FN3O3. The van der Waals surface area contributed by atoms with Crippen molar-refractivity contribution in [3.05, 3.63) is 68.2 Å². The van der Waals surface area contributed by atoms with Gasteiger partial charge in [-0.15, -0.1) is 0 Å². The fourth-order valence-corrected chi connectivity index (χ4v) is 1.78. The van der Waals surface area contributed by atoms with Crippen molar-refractivity contribution in [2.75, 3.05) is 0 Å². The van der Waals surface area contributed by atoms with E-state index in [1.165, 1.54) is 36.0 Å². The number of amides is 1. The number of rotatable bonds is 3. The molecule has 0 saturated carbocycles. The van der Waals surface area contributed by atoms with Gasteiger partial charge in [-0.3, -0.25) is 14.2 Å². The number of nitrogens with zero attached hydrogens (tertiary/aromatic N) is 2. The van der Waals surface area contributed by atoms with Gasteiger partial charge in [0.2, 0.25) is 5.91 Å². The molecule has 2 N–H and O–H groups in total. The number of hydrogen-bond acceptors (Lipinski definition) is 3. The number of halogens is 1. The fourth-order valence-electron chi connectivity index (χ4n) is 1.78. The summed E-state index contributed by atoms with van der Waals surface area (Å²) < 4.78 is 15.8. The Labute approximate surface area is 112 Å². The minimum Gasteiger partial charge on any atom is -0.366 e. The Morgan fingerprint density at radius 1 is 1.30 bits per heavy atom. The molecule has 2 aromatic rings. The number of benzene rings is 1. The maximum absolute atomic E-state index is 13.7. The predicted octanol–water partition coefficient (Wildman–Crippen LogP) is -0.167. The van der Waals surface area contributed by atoms with Crippen LogP contribution in [0.2, 0.25) is 0 Å². The smallest absolute Gasteiger partial charge is 0.331 e. The molecule has 0 unspecified atom stereocenters. The van der Waals surface area contributed by atoms with Crippen molar-refractivity contribution < 1.29 is 9.18 Å². The second-order valence-corrected chi connectivity index (χ2v) is 4.30. The molecule has 0 bridgehead atoms. The largest absolute Gasteiger partial charge is 0.366 e. The highest BCUT2D eigenvalue weighted by Gasteiger charge is 2.10. The van der Waals surface area contributed by atoms with Gasteiger partial charge < -0.3 is 10.3 Å². The average Bonchev–Trinajstić information content (AvgIpc) is 2.41. The maximum atomic E-state index is 13.7. The standard InChI is InChI=1S/C13H12FN3O3/c1-16-5-4-11(18)17(13(16)20)7-9-6-8(12(15)19)2-3-10(9)14/h2-6H,7H2,1H3,(H2,15,19). The summed E-state index contributed by atoms with van der Waals surface area (Å²) in [5.41, 5.74) is 4.16. The number of aromatic nitrogens is 2. The van der Waals surface area contributed by atoms with Gasteiger partial charge in [0, 0.05) is 30.4 Å². The average molecular weight is 277 g/mol. The van der Waals surface area contributed by atoms with E-state index in [4.69, 9.17) is 5.73 Å². The lowest BCUT2D eigenvalue weighted by Gasteiger charge is -2.08. The van der Waals surface area contributed by atoms with Crippen molar-refractivity contribution in [2.45, 2.75) is 6.54 Å². The van der Waals surface area contributed by atoms with Gasteiger partial charge in [-0.1, -0.05) is 0 Å². The summed E-state index contributed by atoms with van der Waals surface area (Å²) in [4.78, 5) is 34.6. The Balaban J connectivity index is 2.53. The normalized spacial score (nSPS) is 10.5. The molecule has 0 aliphatic carbocycles. The molecule has 0 spiro atoms. The highest BCUT2D eigenvalue weighted by Crippen LogP contribution is 2.10. The number of hydrogen-bond donors (Lipinski definition) is 1. The van der Waals surface area contributed by atoms with Crippen LogP contribution in [0.1, 0.15) is 15.9 Å². The molecule has 0 aliphatic rings. The van der Waals surface area contributed by atoms with Crippen LogP contribution < -0.4 is 17.0 Å². The monoisotopic (exact) mass is 277 g/mol. The first-order valence-electron chi connectivity index (χ1n) is 5.75. The Bertz CT molecular complexity index is 792. The molecule has 0 atom stereocenters. The van der Waals surface area contributed by atoms with Gasteiger partial charge in [0.25, 0.3) is 5.56 Å². The van der Waals surface area contributed by atoms with E-state index in [-0.39, 0.29) is 17.7 Å². The van der Waals surface area contributed by atoms with Gasteiger partial charge in [-0.2, -0.15) is 0 Å². The van der Waals surface area contributed by atoms with Gasteiger partial charge in [0.1, 0.15) is 5.82 Å². The van der Waals surface area contributed by atoms with E-state index in [9.17, 15) is 18.8 Å². The van der Waals surface area contributed by atoms with Crippen LogP contribution in [0.3, 0.4) is 0 Å². The van der Waals surface area contributed by atoms with Gasteiger partial charge in [0.05, 0.1) is 6.54 Å². The highest BCUT2D eigenvalue weighted by atomic mass is 19.1. The molecule has 0 radical (unpaired) electrons. The minimum atomic E-state index is -0.709. The van der Waals surface area contributed by atoms with E-state index in [0.717, 1.165) is 10.6 Å². The summed E-state index contributed by atoms with van der Waals surface area (Å²) in [5, 5.41) is 0.